The van der Waals surface area contributed by atoms with Gasteiger partial charge in [-0.25, -0.2) is 4.98 Å². The van der Waals surface area contributed by atoms with Crippen molar-refractivity contribution in [1.29, 1.82) is 0 Å². The van der Waals surface area contributed by atoms with Crippen molar-refractivity contribution in [3.05, 3.63) is 34.0 Å². The lowest BCUT2D eigenvalue weighted by Gasteiger charge is -2.03. The van der Waals surface area contributed by atoms with Gasteiger partial charge in [-0.3, -0.25) is 4.68 Å². The molecule has 0 aliphatic heterocycles. The number of unbranched alkanes of at least 4 members (excludes halogenated alkanes) is 1. The molecule has 0 saturated carbocycles. The first-order chi connectivity index (χ1) is 8.29. The lowest BCUT2D eigenvalue weighted by atomic mass is 10.2. The van der Waals surface area contributed by atoms with Crippen LogP contribution in [0.4, 0.5) is 0 Å². The summed E-state index contributed by atoms with van der Waals surface area (Å²) in [5.74, 6) is 0.517. The zero-order valence-electron chi connectivity index (χ0n) is 9.90. The van der Waals surface area contributed by atoms with Crippen molar-refractivity contribution in [3.63, 3.8) is 0 Å². The maximum atomic E-state index is 5.72. The van der Waals surface area contributed by atoms with Crippen molar-refractivity contribution in [2.45, 2.75) is 38.6 Å². The van der Waals surface area contributed by atoms with E-state index in [9.17, 15) is 0 Å². The summed E-state index contributed by atoms with van der Waals surface area (Å²) in [4.78, 5) is 4.44. The molecule has 0 atom stereocenters. The Morgan fingerprint density at radius 2 is 2.29 bits per heavy atom. The summed E-state index contributed by atoms with van der Waals surface area (Å²) in [7, 11) is 0. The summed E-state index contributed by atoms with van der Waals surface area (Å²) in [6, 6.07) is 2.04. The molecule has 0 aromatic carbocycles. The van der Waals surface area contributed by atoms with Crippen LogP contribution in [0, 0.1) is 6.92 Å². The summed E-state index contributed by atoms with van der Waals surface area (Å²) in [6.45, 7) is 3.08. The highest BCUT2D eigenvalue weighted by Gasteiger charge is 2.01. The lowest BCUT2D eigenvalue weighted by Crippen LogP contribution is -2.02. The molecule has 0 unspecified atom stereocenters. The predicted octanol–water partition coefficient (Wildman–Crippen LogP) is 3.41. The first-order valence-electron chi connectivity index (χ1n) is 5.77. The molecule has 17 heavy (non-hydrogen) atoms. The number of aryl methyl sites for hydroxylation is 3. The van der Waals surface area contributed by atoms with Gasteiger partial charge in [0.25, 0.3) is 0 Å². The van der Waals surface area contributed by atoms with Crippen LogP contribution < -0.4 is 0 Å². The smallest absolute Gasteiger partial charge is 0.0928 e. The van der Waals surface area contributed by atoms with E-state index in [1.54, 1.807) is 11.3 Å². The number of aromatic nitrogens is 3. The zero-order chi connectivity index (χ0) is 12.1. The van der Waals surface area contributed by atoms with Crippen molar-refractivity contribution >= 4 is 22.9 Å². The molecule has 2 aromatic rings. The molecule has 2 aromatic heterocycles. The molecule has 0 aliphatic rings. The third-order valence-corrected chi connectivity index (χ3v) is 3.91. The van der Waals surface area contributed by atoms with Crippen molar-refractivity contribution in [2.75, 3.05) is 0 Å². The average Bonchev–Trinajstić information content (AvgIpc) is 2.94. The Morgan fingerprint density at radius 3 is 2.94 bits per heavy atom. The van der Waals surface area contributed by atoms with Gasteiger partial charge in [-0.2, -0.15) is 5.10 Å². The first-order valence-corrected chi connectivity index (χ1v) is 7.18. The summed E-state index contributed by atoms with van der Waals surface area (Å²) < 4.78 is 2.05. The lowest BCUT2D eigenvalue weighted by molar-refractivity contribution is 0.546. The fourth-order valence-electron chi connectivity index (χ4n) is 1.70. The molecule has 2 heterocycles. The van der Waals surface area contributed by atoms with Crippen molar-refractivity contribution in [2.24, 2.45) is 0 Å². The van der Waals surface area contributed by atoms with Crippen LogP contribution in [-0.4, -0.2) is 14.8 Å². The Balaban J connectivity index is 1.71. The molecule has 5 heteroatoms. The minimum absolute atomic E-state index is 0.517. The average molecular weight is 270 g/mol. The van der Waals surface area contributed by atoms with E-state index in [1.165, 1.54) is 10.7 Å². The molecule has 0 fully saturated rings. The summed E-state index contributed by atoms with van der Waals surface area (Å²) in [6.07, 6.45) is 5.18. The van der Waals surface area contributed by atoms with Gasteiger partial charge in [-0.1, -0.05) is 0 Å². The van der Waals surface area contributed by atoms with E-state index in [2.05, 4.69) is 17.0 Å². The van der Waals surface area contributed by atoms with Gasteiger partial charge in [0.15, 0.2) is 0 Å². The number of rotatable bonds is 6. The van der Waals surface area contributed by atoms with E-state index < -0.39 is 0 Å². The second-order valence-electron chi connectivity index (χ2n) is 4.02. The number of halogens is 1. The quantitative estimate of drug-likeness (QED) is 0.594. The highest BCUT2D eigenvalue weighted by molar-refractivity contribution is 7.09. The Morgan fingerprint density at radius 1 is 1.41 bits per heavy atom. The molecule has 0 amide bonds. The van der Waals surface area contributed by atoms with Crippen LogP contribution in [0.1, 0.15) is 29.2 Å². The molecule has 0 radical (unpaired) electrons. The fraction of sp³-hybridized carbons (Fsp3) is 0.500. The first kappa shape index (κ1) is 12.6. The number of thiazole rings is 1. The summed E-state index contributed by atoms with van der Waals surface area (Å²) in [5.41, 5.74) is 2.22. The summed E-state index contributed by atoms with van der Waals surface area (Å²) in [5, 5.41) is 7.50. The molecule has 0 saturated heterocycles. The molecule has 0 aliphatic carbocycles. The molecular formula is C12H16ClN3S. The number of hydrogen-bond donors (Lipinski definition) is 0. The van der Waals surface area contributed by atoms with Crippen molar-refractivity contribution in [3.8, 4) is 0 Å². The topological polar surface area (TPSA) is 30.7 Å². The third kappa shape index (κ3) is 3.54. The SMILES string of the molecule is Cc1ccnn1CCCCc1nc(CCl)cs1. The zero-order valence-corrected chi connectivity index (χ0v) is 11.5. The molecule has 0 bridgehead atoms. The van der Waals surface area contributed by atoms with Gasteiger partial charge in [0.1, 0.15) is 0 Å². The largest absolute Gasteiger partial charge is 0.270 e. The Labute approximate surface area is 110 Å². The van der Waals surface area contributed by atoms with Gasteiger partial charge in [-0.15, -0.1) is 22.9 Å². The van der Waals surface area contributed by atoms with E-state index in [0.717, 1.165) is 31.5 Å². The Bertz CT molecular complexity index is 464. The van der Waals surface area contributed by atoms with Crippen LogP contribution in [0.2, 0.25) is 0 Å². The Kier molecular flexibility index (Phi) is 4.57. The number of alkyl halides is 1. The predicted molar refractivity (Wildman–Crippen MR) is 71.6 cm³/mol. The standard InChI is InChI=1S/C12H16ClN3S/c1-10-5-6-14-16(10)7-3-2-4-12-15-11(8-13)9-17-12/h5-6,9H,2-4,7-8H2,1H3. The van der Waals surface area contributed by atoms with Gasteiger partial charge >= 0.3 is 0 Å². The minimum atomic E-state index is 0.517. The van der Waals surface area contributed by atoms with E-state index >= 15 is 0 Å². The van der Waals surface area contributed by atoms with Gasteiger partial charge in [0.2, 0.25) is 0 Å². The monoisotopic (exact) mass is 269 g/mol. The molecule has 92 valence electrons. The maximum absolute atomic E-state index is 5.72. The maximum Gasteiger partial charge on any atom is 0.0928 e. The van der Waals surface area contributed by atoms with Crippen LogP contribution in [0.25, 0.3) is 0 Å². The third-order valence-electron chi connectivity index (χ3n) is 2.68. The number of hydrogen-bond acceptors (Lipinski definition) is 3. The van der Waals surface area contributed by atoms with E-state index in [-0.39, 0.29) is 0 Å². The van der Waals surface area contributed by atoms with Crippen LogP contribution in [0.15, 0.2) is 17.6 Å². The highest BCUT2D eigenvalue weighted by atomic mass is 35.5. The van der Waals surface area contributed by atoms with Crippen LogP contribution in [0.3, 0.4) is 0 Å². The van der Waals surface area contributed by atoms with E-state index in [4.69, 9.17) is 11.6 Å². The van der Waals surface area contributed by atoms with Gasteiger partial charge in [0, 0.05) is 23.8 Å². The van der Waals surface area contributed by atoms with Gasteiger partial charge in [0.05, 0.1) is 16.6 Å². The van der Waals surface area contributed by atoms with Crippen molar-refractivity contribution in [1.82, 2.24) is 14.8 Å². The second-order valence-corrected chi connectivity index (χ2v) is 5.23. The summed E-state index contributed by atoms with van der Waals surface area (Å²) >= 11 is 7.43. The normalized spacial score (nSPS) is 10.9. The van der Waals surface area contributed by atoms with Gasteiger partial charge in [-0.05, 0) is 32.3 Å². The number of nitrogens with zero attached hydrogens (tertiary/aromatic N) is 3. The highest BCUT2D eigenvalue weighted by Crippen LogP contribution is 2.14. The molecule has 0 spiro atoms. The fourth-order valence-corrected chi connectivity index (χ4v) is 2.76. The van der Waals surface area contributed by atoms with Crippen molar-refractivity contribution < 1.29 is 0 Å². The van der Waals surface area contributed by atoms with E-state index in [1.807, 2.05) is 22.3 Å². The van der Waals surface area contributed by atoms with Gasteiger partial charge < -0.3 is 0 Å². The minimum Gasteiger partial charge on any atom is -0.270 e. The second kappa shape index (κ2) is 6.17. The van der Waals surface area contributed by atoms with Crippen LogP contribution in [0.5, 0.6) is 0 Å². The molecular weight excluding hydrogens is 254 g/mol. The molecule has 3 nitrogen and oxygen atoms in total. The van der Waals surface area contributed by atoms with Crippen LogP contribution >= 0.6 is 22.9 Å². The Hall–Kier alpha value is -0.870. The molecule has 2 rings (SSSR count). The van der Waals surface area contributed by atoms with E-state index in [0.29, 0.717) is 5.88 Å². The molecule has 0 N–H and O–H groups in total. The van der Waals surface area contributed by atoms with Crippen LogP contribution in [-0.2, 0) is 18.8 Å².